The zero-order chi connectivity index (χ0) is 27.8. The van der Waals surface area contributed by atoms with Crippen LogP contribution in [0.4, 0.5) is 0 Å². The topological polar surface area (TPSA) is 168 Å². The number of hydrogen-bond acceptors (Lipinski definition) is 8. The van der Waals surface area contributed by atoms with Crippen molar-refractivity contribution in [2.45, 2.75) is 26.1 Å². The van der Waals surface area contributed by atoms with Crippen LogP contribution in [0.3, 0.4) is 0 Å². The van der Waals surface area contributed by atoms with E-state index in [-0.39, 0.29) is 22.4 Å². The predicted octanol–water partition coefficient (Wildman–Crippen LogP) is 2.31. The first-order valence-corrected chi connectivity index (χ1v) is 11.2. The third-order valence-corrected chi connectivity index (χ3v) is 5.20. The minimum Gasteiger partial charge on any atom is -0.507 e. The van der Waals surface area contributed by atoms with Gasteiger partial charge in [-0.15, -0.1) is 0 Å². The maximum atomic E-state index is 13.0. The van der Waals surface area contributed by atoms with E-state index in [0.29, 0.717) is 11.1 Å². The molecule has 3 rings (SSSR count). The molecule has 0 unspecified atom stereocenters. The van der Waals surface area contributed by atoms with Gasteiger partial charge in [0.05, 0.1) is 16.7 Å². The molecule has 2 atom stereocenters. The van der Waals surface area contributed by atoms with Crippen LogP contribution in [-0.4, -0.2) is 52.1 Å². The van der Waals surface area contributed by atoms with E-state index in [2.05, 4.69) is 0 Å². The average molecular weight is 520 g/mol. The summed E-state index contributed by atoms with van der Waals surface area (Å²) >= 11 is 0. The van der Waals surface area contributed by atoms with Crippen LogP contribution in [0.2, 0.25) is 0 Å². The number of ether oxygens (including phenoxy) is 2. The number of phenolic OH excluding ortho intramolecular Hbond substituents is 1. The van der Waals surface area contributed by atoms with E-state index < -0.39 is 41.9 Å². The van der Waals surface area contributed by atoms with Gasteiger partial charge in [-0.05, 0) is 50.2 Å². The second kappa shape index (κ2) is 12.2. The molecule has 0 saturated carbocycles. The number of para-hydroxylation sites is 1. The summed E-state index contributed by atoms with van der Waals surface area (Å²) in [5.74, 6) is -6.56. The van der Waals surface area contributed by atoms with Crippen LogP contribution in [0.15, 0.2) is 72.8 Å². The van der Waals surface area contributed by atoms with Crippen molar-refractivity contribution in [3.05, 3.63) is 101 Å². The van der Waals surface area contributed by atoms with Crippen LogP contribution in [0.5, 0.6) is 5.75 Å². The number of nitrogens with one attached hydrogen (secondary N) is 2. The average Bonchev–Trinajstić information content (AvgIpc) is 2.88. The lowest BCUT2D eigenvalue weighted by Crippen LogP contribution is -2.54. The molecule has 0 heterocycles. The number of carboxylic acid groups (broad SMARTS) is 1. The van der Waals surface area contributed by atoms with E-state index in [1.54, 1.807) is 38.1 Å². The fourth-order valence-electron chi connectivity index (χ4n) is 3.33. The first-order valence-electron chi connectivity index (χ1n) is 11.2. The highest BCUT2D eigenvalue weighted by atomic mass is 16.6. The predicted molar refractivity (Wildman–Crippen MR) is 132 cm³/mol. The number of carbonyl (C=O) groups is 5. The Hall–Kier alpha value is -5.19. The Balaban J connectivity index is 1.87. The van der Waals surface area contributed by atoms with Crippen LogP contribution >= 0.6 is 0 Å². The number of rotatable bonds is 8. The minimum atomic E-state index is -2.28. The maximum Gasteiger partial charge on any atom is 0.349 e. The Morgan fingerprint density at radius 1 is 0.711 bits per heavy atom. The number of carboxylic acids is 1. The number of phenols is 1. The van der Waals surface area contributed by atoms with Gasteiger partial charge in [-0.25, -0.2) is 14.4 Å². The lowest BCUT2D eigenvalue weighted by atomic mass is 10.1. The first-order chi connectivity index (χ1) is 18.1. The molecule has 0 bridgehead atoms. The van der Waals surface area contributed by atoms with Crippen LogP contribution in [0, 0.1) is 13.8 Å². The summed E-state index contributed by atoms with van der Waals surface area (Å²) in [6.07, 6.45) is -4.49. The quantitative estimate of drug-likeness (QED) is 0.257. The van der Waals surface area contributed by atoms with Gasteiger partial charge in [-0.1, -0.05) is 47.5 Å². The monoisotopic (exact) mass is 520 g/mol. The second-order valence-corrected chi connectivity index (χ2v) is 8.19. The van der Waals surface area contributed by atoms with Gasteiger partial charge in [0.25, 0.3) is 11.8 Å². The number of hydrazine groups is 1. The number of hydrogen-bond donors (Lipinski definition) is 4. The highest BCUT2D eigenvalue weighted by Crippen LogP contribution is 2.16. The summed E-state index contributed by atoms with van der Waals surface area (Å²) in [4.78, 5) is 62.9. The number of aliphatic carboxylic acids is 1. The Morgan fingerprint density at radius 2 is 1.24 bits per heavy atom. The highest BCUT2D eigenvalue weighted by Gasteiger charge is 2.41. The lowest BCUT2D eigenvalue weighted by Gasteiger charge is -2.23. The molecule has 38 heavy (non-hydrogen) atoms. The van der Waals surface area contributed by atoms with Crippen molar-refractivity contribution >= 4 is 29.7 Å². The molecule has 2 amide bonds. The number of aromatic hydroxyl groups is 1. The van der Waals surface area contributed by atoms with E-state index in [4.69, 9.17) is 9.47 Å². The molecule has 0 aliphatic heterocycles. The lowest BCUT2D eigenvalue weighted by molar-refractivity contribution is -0.159. The zero-order valence-electron chi connectivity index (χ0n) is 20.3. The second-order valence-electron chi connectivity index (χ2n) is 8.19. The molecule has 0 radical (unpaired) electrons. The van der Waals surface area contributed by atoms with E-state index >= 15 is 0 Å². The van der Waals surface area contributed by atoms with Gasteiger partial charge in [0, 0.05) is 0 Å². The molecule has 0 aliphatic rings. The van der Waals surface area contributed by atoms with Gasteiger partial charge in [0.1, 0.15) is 5.75 Å². The fraction of sp³-hybridized carbons (Fsp3) is 0.148. The number of amides is 2. The summed E-state index contributed by atoms with van der Waals surface area (Å²) in [6.45, 7) is 3.41. The van der Waals surface area contributed by atoms with Crippen molar-refractivity contribution < 1.29 is 43.7 Å². The minimum absolute atomic E-state index is 0.00766. The SMILES string of the molecule is Cc1cccc(C(=O)O[C@H](C(=O)O)[C@H](OC(=O)c2cccc(C)c2)C(=O)NNC(=O)c2ccccc2O)c1. The molecule has 3 aromatic rings. The summed E-state index contributed by atoms with van der Waals surface area (Å²) in [6, 6.07) is 17.7. The highest BCUT2D eigenvalue weighted by molar-refractivity contribution is 6.00. The van der Waals surface area contributed by atoms with Crippen molar-refractivity contribution in [2.24, 2.45) is 0 Å². The summed E-state index contributed by atoms with van der Waals surface area (Å²) in [5, 5.41) is 19.6. The van der Waals surface area contributed by atoms with Gasteiger partial charge >= 0.3 is 17.9 Å². The molecular formula is C27H24N2O9. The molecule has 0 saturated heterocycles. The van der Waals surface area contributed by atoms with Crippen molar-refractivity contribution in [1.82, 2.24) is 10.9 Å². The largest absolute Gasteiger partial charge is 0.507 e. The Labute approximate surface area is 217 Å². The number of carbonyl (C=O) groups excluding carboxylic acids is 4. The summed E-state index contributed by atoms with van der Waals surface area (Å²) < 4.78 is 10.3. The third-order valence-electron chi connectivity index (χ3n) is 5.20. The molecule has 11 nitrogen and oxygen atoms in total. The van der Waals surface area contributed by atoms with Crippen molar-refractivity contribution in [2.75, 3.05) is 0 Å². The Kier molecular flexibility index (Phi) is 8.78. The van der Waals surface area contributed by atoms with Gasteiger partial charge in [-0.3, -0.25) is 20.4 Å². The van der Waals surface area contributed by atoms with E-state index in [1.165, 1.54) is 48.5 Å². The Bertz CT molecular complexity index is 1390. The molecule has 196 valence electrons. The normalized spacial score (nSPS) is 11.9. The number of esters is 2. The van der Waals surface area contributed by atoms with Gasteiger partial charge in [-0.2, -0.15) is 0 Å². The van der Waals surface area contributed by atoms with Gasteiger partial charge in [0.15, 0.2) is 0 Å². The molecular weight excluding hydrogens is 496 g/mol. The molecule has 0 aliphatic carbocycles. The molecule has 0 fully saturated rings. The molecule has 0 spiro atoms. The Morgan fingerprint density at radius 3 is 1.74 bits per heavy atom. The number of benzene rings is 3. The zero-order valence-corrected chi connectivity index (χ0v) is 20.3. The van der Waals surface area contributed by atoms with Crippen LogP contribution in [0.25, 0.3) is 0 Å². The molecule has 11 heteroatoms. The van der Waals surface area contributed by atoms with Gasteiger partial charge in [0.2, 0.25) is 12.2 Å². The van der Waals surface area contributed by atoms with E-state index in [0.717, 1.165) is 0 Å². The number of aryl methyl sites for hydroxylation is 2. The van der Waals surface area contributed by atoms with Crippen molar-refractivity contribution in [1.29, 1.82) is 0 Å². The van der Waals surface area contributed by atoms with Gasteiger partial charge < -0.3 is 19.7 Å². The maximum absolute atomic E-state index is 13.0. The molecule has 4 N–H and O–H groups in total. The van der Waals surface area contributed by atoms with Crippen LogP contribution < -0.4 is 10.9 Å². The van der Waals surface area contributed by atoms with E-state index in [9.17, 15) is 34.2 Å². The smallest absolute Gasteiger partial charge is 0.349 e. The van der Waals surface area contributed by atoms with Crippen LogP contribution in [0.1, 0.15) is 42.2 Å². The molecule has 3 aromatic carbocycles. The van der Waals surface area contributed by atoms with Crippen LogP contribution in [-0.2, 0) is 19.1 Å². The third kappa shape index (κ3) is 6.94. The molecule has 0 aromatic heterocycles. The summed E-state index contributed by atoms with van der Waals surface area (Å²) in [7, 11) is 0. The first kappa shape index (κ1) is 27.4. The standard InChI is InChI=1S/C27H24N2O9/c1-15-7-5-9-17(13-15)26(35)37-21(24(32)29-28-23(31)19-11-3-4-12-20(19)30)22(25(33)34)38-27(36)18-10-6-8-16(2)14-18/h3-14,21-22,30H,1-2H3,(H,28,31)(H,29,32)(H,33,34)/t21-,22-/m0/s1. The van der Waals surface area contributed by atoms with E-state index in [1.807, 2.05) is 10.9 Å². The van der Waals surface area contributed by atoms with Crippen molar-refractivity contribution in [3.63, 3.8) is 0 Å². The van der Waals surface area contributed by atoms with Crippen molar-refractivity contribution in [3.8, 4) is 5.75 Å². The fourth-order valence-corrected chi connectivity index (χ4v) is 3.33. The summed E-state index contributed by atoms with van der Waals surface area (Å²) in [5.41, 5.74) is 5.17.